The molecule has 0 bridgehead atoms. The maximum absolute atomic E-state index is 11.7. The highest BCUT2D eigenvalue weighted by atomic mass is 32.1. The Labute approximate surface area is 94.6 Å². The molecule has 0 aliphatic rings. The molecule has 0 radical (unpaired) electrons. The van der Waals surface area contributed by atoms with E-state index in [1.54, 1.807) is 20.8 Å². The summed E-state index contributed by atoms with van der Waals surface area (Å²) in [6.45, 7) is 4.95. The quantitative estimate of drug-likeness (QED) is 0.565. The van der Waals surface area contributed by atoms with Gasteiger partial charge >= 0.3 is 0 Å². The SMILES string of the molecule is CC(CC(N)=O)NC(=O)C(C)(C)C(N)=S. The summed E-state index contributed by atoms with van der Waals surface area (Å²) in [6, 6.07) is -0.316. The Morgan fingerprint density at radius 1 is 1.40 bits per heavy atom. The molecule has 1 unspecified atom stereocenters. The molecule has 0 saturated carbocycles. The first kappa shape index (κ1) is 13.8. The van der Waals surface area contributed by atoms with E-state index in [-0.39, 0.29) is 23.4 Å². The van der Waals surface area contributed by atoms with Crippen molar-refractivity contribution in [3.05, 3.63) is 0 Å². The van der Waals surface area contributed by atoms with E-state index >= 15 is 0 Å². The Morgan fingerprint density at radius 3 is 2.20 bits per heavy atom. The lowest BCUT2D eigenvalue weighted by Crippen LogP contribution is -2.48. The second-order valence-electron chi connectivity index (χ2n) is 4.03. The lowest BCUT2D eigenvalue weighted by atomic mass is 9.92. The smallest absolute Gasteiger partial charge is 0.232 e. The molecule has 6 heteroatoms. The number of amides is 2. The average Bonchev–Trinajstić information content (AvgIpc) is 2.01. The van der Waals surface area contributed by atoms with Crippen LogP contribution in [0.5, 0.6) is 0 Å². The Balaban J connectivity index is 4.37. The highest BCUT2D eigenvalue weighted by Crippen LogP contribution is 2.15. The van der Waals surface area contributed by atoms with Crippen molar-refractivity contribution in [2.24, 2.45) is 16.9 Å². The molecule has 15 heavy (non-hydrogen) atoms. The van der Waals surface area contributed by atoms with Gasteiger partial charge in [0.05, 0.1) is 10.4 Å². The summed E-state index contributed by atoms with van der Waals surface area (Å²) in [4.78, 5) is 22.4. The van der Waals surface area contributed by atoms with Gasteiger partial charge in [0.1, 0.15) is 0 Å². The van der Waals surface area contributed by atoms with Gasteiger partial charge in [-0.15, -0.1) is 0 Å². The van der Waals surface area contributed by atoms with Gasteiger partial charge in [0, 0.05) is 12.5 Å². The molecular formula is C9H17N3O2S. The van der Waals surface area contributed by atoms with Gasteiger partial charge in [-0.3, -0.25) is 9.59 Å². The van der Waals surface area contributed by atoms with Crippen molar-refractivity contribution >= 4 is 29.0 Å². The zero-order valence-electron chi connectivity index (χ0n) is 9.16. The standard InChI is InChI=1S/C9H17N3O2S/c1-5(4-6(10)13)12-8(14)9(2,3)7(11)15/h5H,4H2,1-3H3,(H2,10,13)(H2,11,15)(H,12,14). The largest absolute Gasteiger partial charge is 0.392 e. The molecule has 2 amide bonds. The lowest BCUT2D eigenvalue weighted by molar-refractivity contribution is -0.127. The number of carbonyl (C=O) groups is 2. The third-order valence-electron chi connectivity index (χ3n) is 2.07. The zero-order valence-corrected chi connectivity index (χ0v) is 9.98. The van der Waals surface area contributed by atoms with Crippen LogP contribution < -0.4 is 16.8 Å². The molecule has 5 N–H and O–H groups in total. The highest BCUT2D eigenvalue weighted by Gasteiger charge is 2.31. The van der Waals surface area contributed by atoms with Crippen LogP contribution >= 0.6 is 12.2 Å². The summed E-state index contributed by atoms with van der Waals surface area (Å²) in [5.74, 6) is -0.764. The third-order valence-corrected chi connectivity index (χ3v) is 2.58. The summed E-state index contributed by atoms with van der Waals surface area (Å²) in [5.41, 5.74) is 9.51. The van der Waals surface area contributed by atoms with Crippen LogP contribution in [-0.4, -0.2) is 22.8 Å². The zero-order chi connectivity index (χ0) is 12.2. The first-order valence-electron chi connectivity index (χ1n) is 4.57. The minimum absolute atomic E-state index is 0.0964. The molecule has 0 aliphatic heterocycles. The number of rotatable bonds is 5. The van der Waals surface area contributed by atoms with E-state index in [1.807, 2.05) is 0 Å². The number of thiocarbonyl (C=S) groups is 1. The van der Waals surface area contributed by atoms with Gasteiger partial charge in [0.2, 0.25) is 11.8 Å². The normalized spacial score (nSPS) is 13.0. The third kappa shape index (κ3) is 4.24. The summed E-state index contributed by atoms with van der Waals surface area (Å²) in [7, 11) is 0. The van der Waals surface area contributed by atoms with Gasteiger partial charge in [0.15, 0.2) is 0 Å². The van der Waals surface area contributed by atoms with Crippen LogP contribution in [0.4, 0.5) is 0 Å². The fourth-order valence-electron chi connectivity index (χ4n) is 0.869. The van der Waals surface area contributed by atoms with Gasteiger partial charge in [0.25, 0.3) is 0 Å². The Morgan fingerprint density at radius 2 is 1.87 bits per heavy atom. The molecular weight excluding hydrogens is 214 g/mol. The van der Waals surface area contributed by atoms with Crippen molar-refractivity contribution in [2.75, 3.05) is 0 Å². The number of carbonyl (C=O) groups excluding carboxylic acids is 2. The lowest BCUT2D eigenvalue weighted by Gasteiger charge is -2.24. The molecule has 0 aromatic rings. The summed E-state index contributed by atoms with van der Waals surface area (Å²) >= 11 is 4.77. The second-order valence-corrected chi connectivity index (χ2v) is 4.47. The predicted octanol–water partition coefficient (Wildman–Crippen LogP) is -0.321. The van der Waals surface area contributed by atoms with Crippen LogP contribution in [0.1, 0.15) is 27.2 Å². The fraction of sp³-hybridized carbons (Fsp3) is 0.667. The van der Waals surface area contributed by atoms with Gasteiger partial charge in [-0.1, -0.05) is 12.2 Å². The summed E-state index contributed by atoms with van der Waals surface area (Å²) in [5, 5.41) is 2.63. The highest BCUT2D eigenvalue weighted by molar-refractivity contribution is 7.80. The number of nitrogens with two attached hydrogens (primary N) is 2. The van der Waals surface area contributed by atoms with E-state index in [2.05, 4.69) is 5.32 Å². The first-order valence-corrected chi connectivity index (χ1v) is 4.98. The predicted molar refractivity (Wildman–Crippen MR) is 62.0 cm³/mol. The molecule has 0 heterocycles. The van der Waals surface area contributed by atoms with Crippen molar-refractivity contribution in [1.29, 1.82) is 0 Å². The van der Waals surface area contributed by atoms with E-state index < -0.39 is 11.3 Å². The molecule has 0 spiro atoms. The van der Waals surface area contributed by atoms with Crippen LogP contribution in [0, 0.1) is 5.41 Å². The summed E-state index contributed by atoms with van der Waals surface area (Å²) in [6.07, 6.45) is 0.0964. The van der Waals surface area contributed by atoms with E-state index in [0.717, 1.165) is 0 Å². The maximum Gasteiger partial charge on any atom is 0.232 e. The monoisotopic (exact) mass is 231 g/mol. The van der Waals surface area contributed by atoms with Crippen LogP contribution in [-0.2, 0) is 9.59 Å². The fourth-order valence-corrected chi connectivity index (χ4v) is 0.962. The van der Waals surface area contributed by atoms with Gasteiger partial charge in [-0.25, -0.2) is 0 Å². The van der Waals surface area contributed by atoms with Crippen molar-refractivity contribution in [3.63, 3.8) is 0 Å². The Hall–Kier alpha value is -1.17. The number of hydrogen-bond donors (Lipinski definition) is 3. The number of nitrogens with one attached hydrogen (secondary N) is 1. The molecule has 86 valence electrons. The van der Waals surface area contributed by atoms with Gasteiger partial charge < -0.3 is 16.8 Å². The minimum atomic E-state index is -0.915. The van der Waals surface area contributed by atoms with Gasteiger partial charge in [-0.2, -0.15) is 0 Å². The van der Waals surface area contributed by atoms with E-state index in [0.29, 0.717) is 0 Å². The van der Waals surface area contributed by atoms with Crippen LogP contribution in [0.2, 0.25) is 0 Å². The topological polar surface area (TPSA) is 98.2 Å². The number of hydrogen-bond acceptors (Lipinski definition) is 3. The molecule has 0 rings (SSSR count). The van der Waals surface area contributed by atoms with E-state index in [9.17, 15) is 9.59 Å². The number of primary amides is 1. The molecule has 0 saturated heterocycles. The van der Waals surface area contributed by atoms with E-state index in [1.165, 1.54) is 0 Å². The van der Waals surface area contributed by atoms with Crippen molar-refractivity contribution in [3.8, 4) is 0 Å². The maximum atomic E-state index is 11.7. The van der Waals surface area contributed by atoms with Crippen molar-refractivity contribution in [2.45, 2.75) is 33.2 Å². The van der Waals surface area contributed by atoms with Crippen LogP contribution in [0.3, 0.4) is 0 Å². The van der Waals surface area contributed by atoms with E-state index in [4.69, 9.17) is 23.7 Å². The average molecular weight is 231 g/mol. The Bertz CT molecular complexity index is 289. The molecule has 0 aromatic carbocycles. The molecule has 1 atom stereocenters. The van der Waals surface area contributed by atoms with Crippen molar-refractivity contribution < 1.29 is 9.59 Å². The molecule has 0 aromatic heterocycles. The van der Waals surface area contributed by atoms with Crippen LogP contribution in [0.15, 0.2) is 0 Å². The Kier molecular flexibility index (Phi) is 4.67. The molecule has 5 nitrogen and oxygen atoms in total. The minimum Gasteiger partial charge on any atom is -0.392 e. The van der Waals surface area contributed by atoms with Gasteiger partial charge in [-0.05, 0) is 20.8 Å². The van der Waals surface area contributed by atoms with Crippen molar-refractivity contribution in [1.82, 2.24) is 5.32 Å². The second kappa shape index (κ2) is 5.06. The molecule has 0 fully saturated rings. The molecule has 0 aliphatic carbocycles. The van der Waals surface area contributed by atoms with Crippen LogP contribution in [0.25, 0.3) is 0 Å². The summed E-state index contributed by atoms with van der Waals surface area (Å²) < 4.78 is 0. The first-order chi connectivity index (χ1) is 6.67.